The maximum atomic E-state index is 14.1. The van der Waals surface area contributed by atoms with E-state index in [1.54, 1.807) is 13.8 Å². The first kappa shape index (κ1) is 15.9. The Hall–Kier alpha value is -1.49. The average molecular weight is 312 g/mol. The molecular formula is C14H17FN2O3S. The maximum Gasteiger partial charge on any atom is 0.214 e. The van der Waals surface area contributed by atoms with Crippen LogP contribution in [0.1, 0.15) is 30.9 Å². The maximum absolute atomic E-state index is 14.1. The Morgan fingerprint density at radius 2 is 2.14 bits per heavy atom. The topological polar surface area (TPSA) is 79.2 Å². The Morgan fingerprint density at radius 3 is 2.76 bits per heavy atom. The largest absolute Gasteiger partial charge is 0.379 e. The van der Waals surface area contributed by atoms with Crippen molar-refractivity contribution in [1.82, 2.24) is 4.72 Å². The predicted molar refractivity (Wildman–Crippen MR) is 75.7 cm³/mol. The van der Waals surface area contributed by atoms with E-state index in [-0.39, 0.29) is 24.3 Å². The fourth-order valence-corrected chi connectivity index (χ4v) is 3.24. The highest BCUT2D eigenvalue weighted by Crippen LogP contribution is 2.31. The van der Waals surface area contributed by atoms with Gasteiger partial charge in [0, 0.05) is 11.5 Å². The van der Waals surface area contributed by atoms with E-state index in [9.17, 15) is 12.8 Å². The van der Waals surface area contributed by atoms with Gasteiger partial charge in [0.05, 0.1) is 36.1 Å². The van der Waals surface area contributed by atoms with Crippen molar-refractivity contribution >= 4 is 10.0 Å². The third kappa shape index (κ3) is 3.23. The minimum atomic E-state index is -3.49. The fourth-order valence-electron chi connectivity index (χ4n) is 2.31. The highest BCUT2D eigenvalue weighted by atomic mass is 32.2. The Balaban J connectivity index is 2.35. The number of nitrogens with one attached hydrogen (secondary N) is 1. The molecule has 0 radical (unpaired) electrons. The molecule has 1 N–H and O–H groups in total. The molecule has 1 aliphatic rings. The highest BCUT2D eigenvalue weighted by Gasteiger charge is 2.36. The Bertz CT molecular complexity index is 667. The van der Waals surface area contributed by atoms with Gasteiger partial charge >= 0.3 is 0 Å². The van der Waals surface area contributed by atoms with Gasteiger partial charge in [-0.25, -0.2) is 17.5 Å². The van der Waals surface area contributed by atoms with E-state index in [0.29, 0.717) is 0 Å². The van der Waals surface area contributed by atoms with Crippen LogP contribution < -0.4 is 4.72 Å². The van der Waals surface area contributed by atoms with Crippen LogP contribution in [0.25, 0.3) is 0 Å². The molecule has 0 spiro atoms. The number of nitriles is 1. The zero-order chi connectivity index (χ0) is 15.6. The number of halogens is 1. The first-order valence-corrected chi connectivity index (χ1v) is 8.19. The van der Waals surface area contributed by atoms with Crippen LogP contribution >= 0.6 is 0 Å². The highest BCUT2D eigenvalue weighted by molar-refractivity contribution is 7.90. The summed E-state index contributed by atoms with van der Waals surface area (Å²) in [6.07, 6.45) is 0. The van der Waals surface area contributed by atoms with Crippen LogP contribution in [0, 0.1) is 17.1 Å². The van der Waals surface area contributed by atoms with Gasteiger partial charge in [-0.2, -0.15) is 5.26 Å². The van der Waals surface area contributed by atoms with Gasteiger partial charge in [0.15, 0.2) is 0 Å². The molecule has 0 bridgehead atoms. The molecule has 0 aromatic heterocycles. The lowest BCUT2D eigenvalue weighted by atomic mass is 9.91. The summed E-state index contributed by atoms with van der Waals surface area (Å²) in [7, 11) is -3.49. The van der Waals surface area contributed by atoms with Crippen molar-refractivity contribution in [2.45, 2.75) is 31.1 Å². The Morgan fingerprint density at radius 1 is 1.43 bits per heavy atom. The third-order valence-electron chi connectivity index (χ3n) is 3.56. The number of rotatable bonds is 4. The van der Waals surface area contributed by atoms with Gasteiger partial charge in [0.25, 0.3) is 0 Å². The number of hydrogen-bond acceptors (Lipinski definition) is 4. The number of ether oxygens (including phenoxy) is 1. The molecule has 21 heavy (non-hydrogen) atoms. The summed E-state index contributed by atoms with van der Waals surface area (Å²) in [6, 6.07) is 5.62. The minimum Gasteiger partial charge on any atom is -0.379 e. The van der Waals surface area contributed by atoms with Crippen LogP contribution in [-0.4, -0.2) is 32.9 Å². The summed E-state index contributed by atoms with van der Waals surface area (Å²) < 4.78 is 45.9. The summed E-state index contributed by atoms with van der Waals surface area (Å²) in [6.45, 7) is 3.48. The van der Waals surface area contributed by atoms with E-state index < -0.39 is 33.1 Å². The second-order valence-electron chi connectivity index (χ2n) is 5.27. The van der Waals surface area contributed by atoms with Crippen LogP contribution in [0.2, 0.25) is 0 Å². The van der Waals surface area contributed by atoms with Crippen molar-refractivity contribution in [3.8, 4) is 6.07 Å². The first-order chi connectivity index (χ1) is 9.86. The van der Waals surface area contributed by atoms with Crippen LogP contribution in [0.15, 0.2) is 18.2 Å². The second kappa shape index (κ2) is 6.10. The molecule has 2 atom stereocenters. The van der Waals surface area contributed by atoms with Gasteiger partial charge < -0.3 is 4.74 Å². The quantitative estimate of drug-likeness (QED) is 0.914. The Labute approximate surface area is 123 Å². The van der Waals surface area contributed by atoms with Crippen LogP contribution in [-0.2, 0) is 14.8 Å². The fraction of sp³-hybridized carbons (Fsp3) is 0.500. The SMILES string of the molecule is CC(C)S(=O)(=O)N[C@@H]1COC[C@H]1c1c(F)cccc1C#N. The lowest BCUT2D eigenvalue weighted by Crippen LogP contribution is -2.42. The molecule has 1 aromatic carbocycles. The molecule has 0 unspecified atom stereocenters. The molecule has 0 saturated carbocycles. The summed E-state index contributed by atoms with van der Waals surface area (Å²) >= 11 is 0. The van der Waals surface area contributed by atoms with Crippen LogP contribution in [0.5, 0.6) is 0 Å². The number of sulfonamides is 1. The van der Waals surface area contributed by atoms with Crippen molar-refractivity contribution in [3.63, 3.8) is 0 Å². The zero-order valence-corrected chi connectivity index (χ0v) is 12.7. The van der Waals surface area contributed by atoms with Gasteiger partial charge in [-0.05, 0) is 26.0 Å². The molecule has 114 valence electrons. The normalized spacial score (nSPS) is 22.4. The van der Waals surface area contributed by atoms with E-state index >= 15 is 0 Å². The van der Waals surface area contributed by atoms with Gasteiger partial charge in [-0.1, -0.05) is 6.07 Å². The van der Waals surface area contributed by atoms with Crippen molar-refractivity contribution in [2.75, 3.05) is 13.2 Å². The minimum absolute atomic E-state index is 0.163. The summed E-state index contributed by atoms with van der Waals surface area (Å²) in [5.41, 5.74) is 0.424. The molecule has 1 saturated heterocycles. The van der Waals surface area contributed by atoms with E-state index in [1.165, 1.54) is 18.2 Å². The summed E-state index contributed by atoms with van der Waals surface area (Å²) in [5.74, 6) is -1.02. The van der Waals surface area contributed by atoms with E-state index in [0.717, 1.165) is 0 Å². The lowest BCUT2D eigenvalue weighted by Gasteiger charge is -2.21. The van der Waals surface area contributed by atoms with E-state index in [2.05, 4.69) is 4.72 Å². The van der Waals surface area contributed by atoms with Gasteiger partial charge in [-0.3, -0.25) is 0 Å². The number of benzene rings is 1. The lowest BCUT2D eigenvalue weighted by molar-refractivity contribution is 0.189. The first-order valence-electron chi connectivity index (χ1n) is 6.64. The second-order valence-corrected chi connectivity index (χ2v) is 7.54. The smallest absolute Gasteiger partial charge is 0.214 e. The molecule has 1 heterocycles. The van der Waals surface area contributed by atoms with E-state index in [4.69, 9.17) is 10.00 Å². The summed E-state index contributed by atoms with van der Waals surface area (Å²) in [5, 5.41) is 8.53. The van der Waals surface area contributed by atoms with Gasteiger partial charge in [0.2, 0.25) is 10.0 Å². The summed E-state index contributed by atoms with van der Waals surface area (Å²) in [4.78, 5) is 0. The average Bonchev–Trinajstić information content (AvgIpc) is 2.85. The molecular weight excluding hydrogens is 295 g/mol. The van der Waals surface area contributed by atoms with Gasteiger partial charge in [0.1, 0.15) is 5.82 Å². The van der Waals surface area contributed by atoms with Crippen molar-refractivity contribution in [1.29, 1.82) is 5.26 Å². The van der Waals surface area contributed by atoms with Crippen LogP contribution in [0.4, 0.5) is 4.39 Å². The Kier molecular flexibility index (Phi) is 4.61. The molecule has 2 rings (SSSR count). The monoisotopic (exact) mass is 312 g/mol. The predicted octanol–water partition coefficient (Wildman–Crippen LogP) is 1.51. The number of hydrogen-bond donors (Lipinski definition) is 1. The molecule has 1 aliphatic heterocycles. The third-order valence-corrected chi connectivity index (χ3v) is 5.43. The van der Waals surface area contributed by atoms with Gasteiger partial charge in [-0.15, -0.1) is 0 Å². The molecule has 1 aromatic rings. The zero-order valence-electron chi connectivity index (χ0n) is 11.8. The number of nitrogens with zero attached hydrogens (tertiary/aromatic N) is 1. The van der Waals surface area contributed by atoms with E-state index in [1.807, 2.05) is 6.07 Å². The molecule has 0 amide bonds. The van der Waals surface area contributed by atoms with Crippen molar-refractivity contribution < 1.29 is 17.5 Å². The standard InChI is InChI=1S/C14H17FN2O3S/c1-9(2)21(18,19)17-13-8-20-7-11(13)14-10(6-16)4-3-5-12(14)15/h3-5,9,11,13,17H,7-8H2,1-2H3/t11-,13-/m1/s1. The van der Waals surface area contributed by atoms with Crippen molar-refractivity contribution in [2.24, 2.45) is 0 Å². The molecule has 5 nitrogen and oxygen atoms in total. The van der Waals surface area contributed by atoms with Crippen molar-refractivity contribution in [3.05, 3.63) is 35.1 Å². The molecule has 7 heteroatoms. The van der Waals surface area contributed by atoms with Crippen LogP contribution in [0.3, 0.4) is 0 Å². The molecule has 1 fully saturated rings. The molecule has 0 aliphatic carbocycles.